The third-order valence-corrected chi connectivity index (χ3v) is 7.92. The van der Waals surface area contributed by atoms with Crippen LogP contribution in [0.4, 0.5) is 0 Å². The number of nitrogens with zero attached hydrogens (tertiary/aromatic N) is 1. The number of benzene rings is 3. The summed E-state index contributed by atoms with van der Waals surface area (Å²) in [6.45, 7) is 4.26. The van der Waals surface area contributed by atoms with Crippen LogP contribution in [0.3, 0.4) is 0 Å². The van der Waals surface area contributed by atoms with E-state index in [9.17, 15) is 13.2 Å². The predicted octanol–water partition coefficient (Wildman–Crippen LogP) is 5.55. The first-order valence-electron chi connectivity index (χ1n) is 11.6. The normalized spacial score (nSPS) is 17.4. The van der Waals surface area contributed by atoms with Gasteiger partial charge < -0.3 is 0 Å². The highest BCUT2D eigenvalue weighted by molar-refractivity contribution is 7.89. The van der Waals surface area contributed by atoms with Crippen molar-refractivity contribution in [1.29, 1.82) is 0 Å². The second-order valence-electron chi connectivity index (χ2n) is 8.44. The molecule has 5 heteroatoms. The Morgan fingerprint density at radius 2 is 1.15 bits per heavy atom. The maximum Gasteiger partial charge on any atom is 0.243 e. The minimum absolute atomic E-state index is 0.0394. The Hall–Kier alpha value is -3.28. The average Bonchev–Trinajstić information content (AvgIpc) is 2.87. The number of piperidine rings is 1. The molecule has 0 unspecified atom stereocenters. The van der Waals surface area contributed by atoms with Gasteiger partial charge in [-0.1, -0.05) is 80.6 Å². The van der Waals surface area contributed by atoms with Crippen molar-refractivity contribution < 1.29 is 13.2 Å². The zero-order chi connectivity index (χ0) is 24.1. The number of ketones is 1. The average molecular weight is 472 g/mol. The van der Waals surface area contributed by atoms with E-state index < -0.39 is 10.0 Å². The van der Waals surface area contributed by atoms with Gasteiger partial charge in [-0.2, -0.15) is 4.31 Å². The molecule has 0 aliphatic carbocycles. The fourth-order valence-electron chi connectivity index (χ4n) is 4.02. The molecule has 4 nitrogen and oxygen atoms in total. The quantitative estimate of drug-likeness (QED) is 0.443. The van der Waals surface area contributed by atoms with Crippen molar-refractivity contribution in [2.75, 3.05) is 13.1 Å². The van der Waals surface area contributed by atoms with Gasteiger partial charge in [-0.25, -0.2) is 8.42 Å². The number of rotatable bonds is 6. The first kappa shape index (κ1) is 23.9. The highest BCUT2D eigenvalue weighted by Crippen LogP contribution is 2.27. The molecule has 3 aromatic rings. The zero-order valence-electron chi connectivity index (χ0n) is 19.6. The molecule has 0 radical (unpaired) electrons. The van der Waals surface area contributed by atoms with E-state index in [-0.39, 0.29) is 23.8 Å². The molecular formula is C29H29NO3S. The molecule has 1 fully saturated rings. The van der Waals surface area contributed by atoms with Gasteiger partial charge in [-0.3, -0.25) is 4.79 Å². The van der Waals surface area contributed by atoms with E-state index in [4.69, 9.17) is 0 Å². The van der Waals surface area contributed by atoms with Crippen LogP contribution >= 0.6 is 0 Å². The van der Waals surface area contributed by atoms with Crippen LogP contribution in [0.25, 0.3) is 12.2 Å². The number of aryl methyl sites for hydroxylation is 2. The van der Waals surface area contributed by atoms with Gasteiger partial charge in [-0.15, -0.1) is 0 Å². The molecule has 0 bridgehead atoms. The third-order valence-electron chi connectivity index (χ3n) is 6.12. The lowest BCUT2D eigenvalue weighted by Crippen LogP contribution is -2.41. The van der Waals surface area contributed by atoms with Crippen molar-refractivity contribution in [2.45, 2.75) is 31.6 Å². The lowest BCUT2D eigenvalue weighted by molar-refractivity contribution is -0.113. The van der Waals surface area contributed by atoms with E-state index in [1.54, 1.807) is 30.3 Å². The molecule has 174 valence electrons. The summed E-state index contributed by atoms with van der Waals surface area (Å²) < 4.78 is 28.2. The Balaban J connectivity index is 1.75. The van der Waals surface area contributed by atoms with Crippen molar-refractivity contribution in [2.24, 2.45) is 0 Å². The summed E-state index contributed by atoms with van der Waals surface area (Å²) in [5.74, 6) is -0.112. The second kappa shape index (κ2) is 10.3. The minimum Gasteiger partial charge on any atom is -0.289 e. The Morgan fingerprint density at radius 1 is 0.706 bits per heavy atom. The number of hydrogen-bond donors (Lipinski definition) is 0. The van der Waals surface area contributed by atoms with E-state index in [1.807, 2.05) is 60.7 Å². The Morgan fingerprint density at radius 3 is 1.56 bits per heavy atom. The summed E-state index contributed by atoms with van der Waals surface area (Å²) in [5, 5.41) is 0. The monoisotopic (exact) mass is 471 g/mol. The van der Waals surface area contributed by atoms with Gasteiger partial charge in [0.2, 0.25) is 10.0 Å². The van der Waals surface area contributed by atoms with Crippen LogP contribution in [0.2, 0.25) is 0 Å². The predicted molar refractivity (Wildman–Crippen MR) is 138 cm³/mol. The minimum atomic E-state index is -3.76. The number of sulfonamides is 1. The van der Waals surface area contributed by atoms with Crippen LogP contribution in [-0.2, 0) is 27.7 Å². The van der Waals surface area contributed by atoms with Crippen molar-refractivity contribution in [3.8, 4) is 0 Å². The van der Waals surface area contributed by atoms with Crippen LogP contribution < -0.4 is 0 Å². The van der Waals surface area contributed by atoms with Gasteiger partial charge in [0, 0.05) is 24.2 Å². The first-order chi connectivity index (χ1) is 16.4. The molecular weight excluding hydrogens is 442 g/mol. The van der Waals surface area contributed by atoms with E-state index in [0.29, 0.717) is 11.1 Å². The van der Waals surface area contributed by atoms with Crippen LogP contribution in [-0.4, -0.2) is 31.6 Å². The van der Waals surface area contributed by atoms with E-state index in [0.717, 1.165) is 24.0 Å². The van der Waals surface area contributed by atoms with Crippen LogP contribution in [0, 0.1) is 0 Å². The summed E-state index contributed by atoms with van der Waals surface area (Å²) in [5.41, 5.74) is 5.11. The largest absolute Gasteiger partial charge is 0.289 e. The van der Waals surface area contributed by atoms with Crippen LogP contribution in [0.5, 0.6) is 0 Å². The molecule has 1 aliphatic rings. The van der Waals surface area contributed by atoms with E-state index >= 15 is 0 Å². The topological polar surface area (TPSA) is 54.5 Å². The lowest BCUT2D eigenvalue weighted by atomic mass is 9.95. The molecule has 0 amide bonds. The maximum atomic E-state index is 13.4. The van der Waals surface area contributed by atoms with Gasteiger partial charge in [-0.05, 0) is 59.4 Å². The highest BCUT2D eigenvalue weighted by atomic mass is 32.2. The summed E-state index contributed by atoms with van der Waals surface area (Å²) in [4.78, 5) is 13.7. The van der Waals surface area contributed by atoms with Gasteiger partial charge in [0.05, 0.1) is 4.90 Å². The highest BCUT2D eigenvalue weighted by Gasteiger charge is 2.34. The summed E-state index contributed by atoms with van der Waals surface area (Å²) >= 11 is 0. The SMILES string of the molecule is CCc1ccc(/C=C2\CN(S(=O)(=O)c3ccccc3)C/C(=C\c3ccc(CC)cc3)C2=O)cc1. The Kier molecular flexibility index (Phi) is 7.25. The molecule has 1 aliphatic heterocycles. The first-order valence-corrected chi connectivity index (χ1v) is 13.0. The number of carbonyl (C=O) groups is 1. The standard InChI is InChI=1S/C29H29NO3S/c1-3-22-10-14-24(15-11-22)18-26-20-30(34(32,33)28-8-6-5-7-9-28)21-27(29(26)31)19-25-16-12-23(4-2)13-17-25/h5-19H,3-4,20-21H2,1-2H3/b26-18+,27-19+. The summed E-state index contributed by atoms with van der Waals surface area (Å²) in [7, 11) is -3.76. The molecule has 0 spiro atoms. The molecule has 0 aromatic heterocycles. The van der Waals surface area contributed by atoms with Crippen LogP contribution in [0.1, 0.15) is 36.1 Å². The fourth-order valence-corrected chi connectivity index (χ4v) is 5.44. The Labute approximate surface area is 202 Å². The molecule has 0 atom stereocenters. The Bertz CT molecular complexity index is 1250. The molecule has 0 saturated carbocycles. The molecule has 1 heterocycles. The lowest BCUT2D eigenvalue weighted by Gasteiger charge is -2.29. The van der Waals surface area contributed by atoms with Gasteiger partial charge in [0.1, 0.15) is 0 Å². The molecule has 34 heavy (non-hydrogen) atoms. The van der Waals surface area contributed by atoms with E-state index in [2.05, 4.69) is 13.8 Å². The molecule has 1 saturated heterocycles. The van der Waals surface area contributed by atoms with Gasteiger partial charge >= 0.3 is 0 Å². The van der Waals surface area contributed by atoms with Crippen molar-refractivity contribution in [1.82, 2.24) is 4.31 Å². The number of carbonyl (C=O) groups excluding carboxylic acids is 1. The van der Waals surface area contributed by atoms with Gasteiger partial charge in [0.25, 0.3) is 0 Å². The van der Waals surface area contributed by atoms with Gasteiger partial charge in [0.15, 0.2) is 5.78 Å². The van der Waals surface area contributed by atoms with Crippen molar-refractivity contribution in [3.63, 3.8) is 0 Å². The van der Waals surface area contributed by atoms with Crippen molar-refractivity contribution in [3.05, 3.63) is 112 Å². The smallest absolute Gasteiger partial charge is 0.243 e. The molecule has 4 rings (SSSR count). The number of hydrogen-bond acceptors (Lipinski definition) is 3. The van der Waals surface area contributed by atoms with Crippen molar-refractivity contribution >= 4 is 28.0 Å². The van der Waals surface area contributed by atoms with Crippen LogP contribution in [0.15, 0.2) is 94.9 Å². The second-order valence-corrected chi connectivity index (χ2v) is 10.4. The van der Waals surface area contributed by atoms with E-state index in [1.165, 1.54) is 15.4 Å². The number of Topliss-reactive ketones (excluding diaryl/α,β-unsaturated/α-hetero) is 1. The molecule has 0 N–H and O–H groups in total. The summed E-state index contributed by atoms with van der Waals surface area (Å²) in [6, 6.07) is 24.4. The summed E-state index contributed by atoms with van der Waals surface area (Å²) in [6.07, 6.45) is 5.48. The fraction of sp³-hybridized carbons (Fsp3) is 0.207. The third kappa shape index (κ3) is 5.27. The maximum absolute atomic E-state index is 13.4. The molecule has 3 aromatic carbocycles. The zero-order valence-corrected chi connectivity index (χ0v) is 20.4.